The number of carbonyl (C=O) groups is 2. The van der Waals surface area contributed by atoms with Crippen molar-refractivity contribution in [3.63, 3.8) is 0 Å². The largest absolute Gasteiger partial charge is 0.417 e. The van der Waals surface area contributed by atoms with Crippen molar-refractivity contribution >= 4 is 34.4 Å². The van der Waals surface area contributed by atoms with E-state index in [2.05, 4.69) is 20.6 Å². The Kier molecular flexibility index (Phi) is 8.13. The molecule has 2 heterocycles. The number of likely N-dealkylation sites (N-methyl/N-ethyl adjacent to an activating group) is 1. The highest BCUT2D eigenvalue weighted by Gasteiger charge is 2.35. The molecule has 4 rings (SSSR count). The fourth-order valence-corrected chi connectivity index (χ4v) is 4.35. The minimum absolute atomic E-state index is 0.0362. The standard InChI is InChI=1S/C29H28F3N5O4/c1-17-21(34-24(38)19-10-5-6-11-20(19)29(30,31)32)12-13-22-23(17)25(39)41-27(35-22)36-28(2,3)26(40)37(4)16-14-18-9-7-8-15-33-18/h5-13,15H,14,16H2,1-4H3,(H,34,38)(H,35,36). The zero-order valence-corrected chi connectivity index (χ0v) is 22.8. The summed E-state index contributed by atoms with van der Waals surface area (Å²) in [5.74, 6) is -1.25. The molecule has 214 valence electrons. The van der Waals surface area contributed by atoms with E-state index in [4.69, 9.17) is 4.42 Å². The normalized spacial score (nSPS) is 11.8. The van der Waals surface area contributed by atoms with Crippen LogP contribution >= 0.6 is 0 Å². The maximum absolute atomic E-state index is 13.4. The van der Waals surface area contributed by atoms with Gasteiger partial charge in [-0.15, -0.1) is 0 Å². The van der Waals surface area contributed by atoms with Crippen LogP contribution in [0.15, 0.2) is 70.0 Å². The number of nitrogens with one attached hydrogen (secondary N) is 2. The first-order chi connectivity index (χ1) is 19.3. The summed E-state index contributed by atoms with van der Waals surface area (Å²) >= 11 is 0. The molecule has 2 aromatic carbocycles. The third-order valence-corrected chi connectivity index (χ3v) is 6.51. The van der Waals surface area contributed by atoms with Gasteiger partial charge in [0.05, 0.1) is 22.0 Å². The van der Waals surface area contributed by atoms with Crippen LogP contribution < -0.4 is 16.3 Å². The van der Waals surface area contributed by atoms with Crippen LogP contribution in [0.3, 0.4) is 0 Å². The lowest BCUT2D eigenvalue weighted by molar-refractivity contribution is -0.138. The van der Waals surface area contributed by atoms with Gasteiger partial charge in [0, 0.05) is 37.6 Å². The van der Waals surface area contributed by atoms with E-state index >= 15 is 0 Å². The minimum Gasteiger partial charge on any atom is -0.389 e. The SMILES string of the molecule is Cc1c(NC(=O)c2ccccc2C(F)(F)F)ccc2nc(NC(C)(C)C(=O)N(C)CCc3ccccn3)oc(=O)c12. The molecule has 9 nitrogen and oxygen atoms in total. The summed E-state index contributed by atoms with van der Waals surface area (Å²) in [5, 5.41) is 5.36. The van der Waals surface area contributed by atoms with E-state index in [1.807, 2.05) is 18.2 Å². The van der Waals surface area contributed by atoms with Crippen molar-refractivity contribution in [2.24, 2.45) is 0 Å². The molecule has 0 radical (unpaired) electrons. The molecule has 0 aliphatic heterocycles. The second kappa shape index (κ2) is 11.4. The van der Waals surface area contributed by atoms with Gasteiger partial charge in [-0.3, -0.25) is 14.6 Å². The molecule has 2 aromatic heterocycles. The number of nitrogens with zero attached hydrogens (tertiary/aromatic N) is 3. The molecule has 0 fully saturated rings. The first kappa shape index (κ1) is 29.2. The number of benzene rings is 2. The number of rotatable bonds is 8. The number of pyridine rings is 1. The third kappa shape index (κ3) is 6.53. The maximum atomic E-state index is 13.4. The van der Waals surface area contributed by atoms with Gasteiger partial charge in [0.1, 0.15) is 5.54 Å². The van der Waals surface area contributed by atoms with Crippen LogP contribution in [-0.2, 0) is 17.4 Å². The van der Waals surface area contributed by atoms with Crippen LogP contribution in [0.5, 0.6) is 0 Å². The average Bonchev–Trinajstić information content (AvgIpc) is 2.92. The van der Waals surface area contributed by atoms with Crippen molar-refractivity contribution in [1.29, 1.82) is 0 Å². The van der Waals surface area contributed by atoms with E-state index < -0.39 is 34.4 Å². The number of aryl methyl sites for hydroxylation is 1. The first-order valence-electron chi connectivity index (χ1n) is 12.6. The Labute approximate surface area is 233 Å². The molecule has 41 heavy (non-hydrogen) atoms. The number of carbonyl (C=O) groups excluding carboxylic acids is 2. The van der Waals surface area contributed by atoms with Gasteiger partial charge >= 0.3 is 11.8 Å². The van der Waals surface area contributed by atoms with Crippen LogP contribution in [0.4, 0.5) is 24.9 Å². The van der Waals surface area contributed by atoms with E-state index in [1.165, 1.54) is 36.1 Å². The second-order valence-corrected chi connectivity index (χ2v) is 9.98. The number of anilines is 2. The number of aromatic nitrogens is 2. The topological polar surface area (TPSA) is 117 Å². The van der Waals surface area contributed by atoms with Crippen molar-refractivity contribution in [1.82, 2.24) is 14.9 Å². The van der Waals surface area contributed by atoms with E-state index in [0.29, 0.717) is 13.0 Å². The Balaban J connectivity index is 1.53. The van der Waals surface area contributed by atoms with Crippen molar-refractivity contribution in [2.45, 2.75) is 38.9 Å². The van der Waals surface area contributed by atoms with E-state index in [0.717, 1.165) is 17.8 Å². The molecule has 0 unspecified atom stereocenters. The quantitative estimate of drug-likeness (QED) is 0.306. The van der Waals surface area contributed by atoms with E-state index in [9.17, 15) is 27.6 Å². The summed E-state index contributed by atoms with van der Waals surface area (Å²) in [4.78, 5) is 48.9. The van der Waals surface area contributed by atoms with Gasteiger partial charge in [-0.25, -0.2) is 4.79 Å². The third-order valence-electron chi connectivity index (χ3n) is 6.51. The fraction of sp³-hybridized carbons (Fsp3) is 0.276. The number of amides is 2. The molecule has 0 aliphatic rings. The summed E-state index contributed by atoms with van der Waals surface area (Å²) in [6.45, 7) is 5.18. The number of fused-ring (bicyclic) bond motifs is 1. The van der Waals surface area contributed by atoms with Crippen LogP contribution in [0.2, 0.25) is 0 Å². The predicted octanol–water partition coefficient (Wildman–Crippen LogP) is 5.05. The molecular weight excluding hydrogens is 539 g/mol. The van der Waals surface area contributed by atoms with Crippen molar-refractivity contribution in [3.8, 4) is 0 Å². The van der Waals surface area contributed by atoms with E-state index in [1.54, 1.807) is 27.1 Å². The van der Waals surface area contributed by atoms with E-state index in [-0.39, 0.29) is 34.1 Å². The molecule has 0 spiro atoms. The van der Waals surface area contributed by atoms with Crippen LogP contribution in [0.1, 0.15) is 41.0 Å². The lowest BCUT2D eigenvalue weighted by Crippen LogP contribution is -2.49. The number of halogens is 3. The highest BCUT2D eigenvalue weighted by Crippen LogP contribution is 2.32. The maximum Gasteiger partial charge on any atom is 0.417 e. The van der Waals surface area contributed by atoms with Gasteiger partial charge in [0.15, 0.2) is 0 Å². The zero-order valence-electron chi connectivity index (χ0n) is 22.8. The molecular formula is C29H28F3N5O4. The second-order valence-electron chi connectivity index (χ2n) is 9.98. The summed E-state index contributed by atoms with van der Waals surface area (Å²) in [6.07, 6.45) is -2.48. The van der Waals surface area contributed by atoms with Crippen molar-refractivity contribution < 1.29 is 27.2 Å². The Morgan fingerprint density at radius 1 is 1.02 bits per heavy atom. The highest BCUT2D eigenvalue weighted by molar-refractivity contribution is 6.07. The Hall–Kier alpha value is -4.74. The van der Waals surface area contributed by atoms with Gasteiger partial charge < -0.3 is 20.0 Å². The minimum atomic E-state index is -4.72. The molecule has 0 saturated heterocycles. The fourth-order valence-electron chi connectivity index (χ4n) is 4.35. The van der Waals surface area contributed by atoms with Gasteiger partial charge in [-0.1, -0.05) is 18.2 Å². The van der Waals surface area contributed by atoms with Gasteiger partial charge in [0.2, 0.25) is 5.91 Å². The molecule has 12 heteroatoms. The molecule has 2 amide bonds. The summed E-state index contributed by atoms with van der Waals surface area (Å²) in [6, 6.07) is 12.6. The summed E-state index contributed by atoms with van der Waals surface area (Å²) in [5.41, 5.74) is -2.18. The van der Waals surface area contributed by atoms with Crippen LogP contribution in [0, 0.1) is 6.92 Å². The van der Waals surface area contributed by atoms with Crippen molar-refractivity contribution in [2.75, 3.05) is 24.2 Å². The van der Waals surface area contributed by atoms with Crippen molar-refractivity contribution in [3.05, 3.63) is 93.6 Å². The molecule has 2 N–H and O–H groups in total. The Morgan fingerprint density at radius 2 is 1.73 bits per heavy atom. The van der Waals surface area contributed by atoms with Crippen LogP contribution in [0.25, 0.3) is 10.9 Å². The van der Waals surface area contributed by atoms with Gasteiger partial charge in [0.25, 0.3) is 11.9 Å². The number of hydrogen-bond donors (Lipinski definition) is 2. The lowest BCUT2D eigenvalue weighted by Gasteiger charge is -2.30. The van der Waals surface area contributed by atoms with Crippen LogP contribution in [-0.4, -0.2) is 45.8 Å². The number of hydrogen-bond acceptors (Lipinski definition) is 7. The monoisotopic (exact) mass is 567 g/mol. The Morgan fingerprint density at radius 3 is 2.41 bits per heavy atom. The molecule has 0 bridgehead atoms. The number of alkyl halides is 3. The van der Waals surface area contributed by atoms with Gasteiger partial charge in [-0.05, 0) is 62.7 Å². The Bertz CT molecular complexity index is 1650. The highest BCUT2D eigenvalue weighted by atomic mass is 19.4. The lowest BCUT2D eigenvalue weighted by atomic mass is 10.0. The average molecular weight is 568 g/mol. The van der Waals surface area contributed by atoms with Gasteiger partial charge in [-0.2, -0.15) is 18.2 Å². The molecule has 4 aromatic rings. The smallest absolute Gasteiger partial charge is 0.389 e. The summed E-state index contributed by atoms with van der Waals surface area (Å²) < 4.78 is 45.5. The molecule has 0 aliphatic carbocycles. The molecule has 0 saturated carbocycles. The first-order valence-corrected chi connectivity index (χ1v) is 12.6. The zero-order chi connectivity index (χ0) is 29.9. The summed E-state index contributed by atoms with van der Waals surface area (Å²) in [7, 11) is 1.66. The molecule has 0 atom stereocenters. The predicted molar refractivity (Wildman–Crippen MR) is 148 cm³/mol.